The van der Waals surface area contributed by atoms with Crippen molar-refractivity contribution in [2.75, 3.05) is 45.0 Å². The van der Waals surface area contributed by atoms with Gasteiger partial charge in [-0.3, -0.25) is 0 Å². The first-order valence-corrected chi connectivity index (χ1v) is 6.83. The second kappa shape index (κ2) is 14.4. The van der Waals surface area contributed by atoms with Crippen LogP contribution in [0.25, 0.3) is 0 Å². The van der Waals surface area contributed by atoms with E-state index in [1.807, 2.05) is 0 Å². The number of rotatable bonds is 12. The average Bonchev–Trinajstić information content (AvgIpc) is 2.26. The van der Waals surface area contributed by atoms with Crippen LogP contribution in [0.4, 0.5) is 0 Å². The van der Waals surface area contributed by atoms with Gasteiger partial charge in [-0.2, -0.15) is 0 Å². The Balaban J connectivity index is 2.81. The molecular weight excluding hydrogens is 260 g/mol. The van der Waals surface area contributed by atoms with Crippen molar-refractivity contribution in [1.82, 2.24) is 0 Å². The van der Waals surface area contributed by atoms with E-state index in [2.05, 4.69) is 22.9 Å². The minimum Gasteiger partial charge on any atom is -0.379 e. The van der Waals surface area contributed by atoms with Gasteiger partial charge in [0.2, 0.25) is 0 Å². The molecule has 0 heterocycles. The number of hydrogen-bond donors (Lipinski definition) is 0. The monoisotopic (exact) mass is 282 g/mol. The summed E-state index contributed by atoms with van der Waals surface area (Å²) in [5, 5.41) is 0.882. The molecule has 15 heavy (non-hydrogen) atoms. The van der Waals surface area contributed by atoms with E-state index in [4.69, 9.17) is 14.2 Å². The Hall–Kier alpha value is 0.360. The maximum atomic E-state index is 5.39. The lowest BCUT2D eigenvalue weighted by Gasteiger charge is -2.05. The maximum absolute atomic E-state index is 5.39. The number of halogens is 1. The predicted octanol–water partition coefficient (Wildman–Crippen LogP) is 2.62. The number of ether oxygens (including phenoxy) is 3. The minimum absolute atomic E-state index is 0.658. The summed E-state index contributed by atoms with van der Waals surface area (Å²) in [6.07, 6.45) is 3.65. The highest BCUT2D eigenvalue weighted by molar-refractivity contribution is 9.09. The first-order valence-electron chi connectivity index (χ1n) is 5.71. The Morgan fingerprint density at radius 3 is 1.80 bits per heavy atom. The summed E-state index contributed by atoms with van der Waals surface area (Å²) in [5.74, 6) is 0. The average molecular weight is 283 g/mol. The van der Waals surface area contributed by atoms with Crippen molar-refractivity contribution in [3.05, 3.63) is 0 Å². The van der Waals surface area contributed by atoms with Crippen molar-refractivity contribution in [1.29, 1.82) is 0 Å². The van der Waals surface area contributed by atoms with E-state index in [0.717, 1.165) is 25.0 Å². The molecule has 92 valence electrons. The molecule has 0 spiro atoms. The van der Waals surface area contributed by atoms with E-state index in [9.17, 15) is 0 Å². The Labute approximate surface area is 102 Å². The highest BCUT2D eigenvalue weighted by atomic mass is 79.9. The summed E-state index contributed by atoms with van der Waals surface area (Å²) in [6.45, 7) is 6.49. The van der Waals surface area contributed by atoms with E-state index in [-0.39, 0.29) is 0 Å². The van der Waals surface area contributed by atoms with Crippen LogP contribution in [-0.2, 0) is 14.2 Å². The largest absolute Gasteiger partial charge is 0.379 e. The van der Waals surface area contributed by atoms with Gasteiger partial charge < -0.3 is 14.2 Å². The third-order valence-corrected chi connectivity index (χ3v) is 2.18. The summed E-state index contributed by atoms with van der Waals surface area (Å²) in [5.41, 5.74) is 0. The zero-order chi connectivity index (χ0) is 11.2. The van der Waals surface area contributed by atoms with Crippen LogP contribution in [0.15, 0.2) is 0 Å². The van der Waals surface area contributed by atoms with Crippen LogP contribution >= 0.6 is 15.9 Å². The summed E-state index contributed by atoms with van der Waals surface area (Å²) in [6, 6.07) is 0. The fourth-order valence-electron chi connectivity index (χ4n) is 1.05. The molecule has 0 saturated carbocycles. The van der Waals surface area contributed by atoms with Gasteiger partial charge in [0, 0.05) is 11.9 Å². The normalized spacial score (nSPS) is 10.8. The van der Waals surface area contributed by atoms with E-state index >= 15 is 0 Å². The third-order valence-electron chi connectivity index (χ3n) is 1.86. The molecule has 0 unspecified atom stereocenters. The molecule has 0 aliphatic carbocycles. The molecule has 4 heteroatoms. The predicted molar refractivity (Wildman–Crippen MR) is 65.8 cm³/mol. The molecule has 0 saturated heterocycles. The van der Waals surface area contributed by atoms with Gasteiger partial charge >= 0.3 is 0 Å². The quantitative estimate of drug-likeness (QED) is 0.407. The first kappa shape index (κ1) is 15.4. The smallest absolute Gasteiger partial charge is 0.0701 e. The molecule has 0 N–H and O–H groups in total. The van der Waals surface area contributed by atoms with Gasteiger partial charge in [-0.15, -0.1) is 0 Å². The molecule has 0 atom stereocenters. The van der Waals surface area contributed by atoms with Gasteiger partial charge in [0.15, 0.2) is 0 Å². The number of hydrogen-bond acceptors (Lipinski definition) is 3. The van der Waals surface area contributed by atoms with Gasteiger partial charge in [-0.25, -0.2) is 0 Å². The molecule has 0 aromatic carbocycles. The molecule has 0 rings (SSSR count). The second-order valence-electron chi connectivity index (χ2n) is 3.23. The Morgan fingerprint density at radius 1 is 0.733 bits per heavy atom. The highest BCUT2D eigenvalue weighted by Crippen LogP contribution is 1.93. The van der Waals surface area contributed by atoms with Crippen molar-refractivity contribution in [3.8, 4) is 0 Å². The molecular formula is C11H23BrO3. The fourth-order valence-corrected chi connectivity index (χ4v) is 1.28. The van der Waals surface area contributed by atoms with Crippen LogP contribution in [-0.4, -0.2) is 45.0 Å². The standard InChI is InChI=1S/C11H23BrO3/c1-2-3-4-6-13-8-10-15-11-9-14-7-5-12/h2-11H2,1H3. The van der Waals surface area contributed by atoms with Gasteiger partial charge in [0.25, 0.3) is 0 Å². The maximum Gasteiger partial charge on any atom is 0.0701 e. The molecule has 0 aromatic rings. The van der Waals surface area contributed by atoms with Crippen molar-refractivity contribution >= 4 is 15.9 Å². The van der Waals surface area contributed by atoms with Crippen molar-refractivity contribution in [2.45, 2.75) is 26.2 Å². The zero-order valence-electron chi connectivity index (χ0n) is 9.67. The SMILES string of the molecule is CCCCCOCCOCCOCCBr. The molecule has 0 aliphatic heterocycles. The third kappa shape index (κ3) is 14.4. The Bertz CT molecular complexity index is 100. The van der Waals surface area contributed by atoms with E-state index in [1.165, 1.54) is 12.8 Å². The lowest BCUT2D eigenvalue weighted by atomic mass is 10.3. The molecule has 0 bridgehead atoms. The Morgan fingerprint density at radius 2 is 1.27 bits per heavy atom. The molecule has 0 fully saturated rings. The van der Waals surface area contributed by atoms with Crippen molar-refractivity contribution < 1.29 is 14.2 Å². The van der Waals surface area contributed by atoms with Gasteiger partial charge in [-0.1, -0.05) is 35.7 Å². The molecule has 0 radical (unpaired) electrons. The molecule has 3 nitrogen and oxygen atoms in total. The lowest BCUT2D eigenvalue weighted by molar-refractivity contribution is 0.0168. The first-order chi connectivity index (χ1) is 7.41. The minimum atomic E-state index is 0.658. The molecule has 0 aliphatic rings. The number of unbranched alkanes of at least 4 members (excludes halogenated alkanes) is 2. The van der Waals surface area contributed by atoms with Crippen molar-refractivity contribution in [2.24, 2.45) is 0 Å². The highest BCUT2D eigenvalue weighted by Gasteiger charge is 1.91. The second-order valence-corrected chi connectivity index (χ2v) is 4.03. The van der Waals surface area contributed by atoms with E-state index in [1.54, 1.807) is 0 Å². The van der Waals surface area contributed by atoms with E-state index < -0.39 is 0 Å². The summed E-state index contributed by atoms with van der Waals surface area (Å²) in [4.78, 5) is 0. The van der Waals surface area contributed by atoms with Crippen LogP contribution in [0.2, 0.25) is 0 Å². The van der Waals surface area contributed by atoms with Crippen LogP contribution in [0.5, 0.6) is 0 Å². The zero-order valence-corrected chi connectivity index (χ0v) is 11.3. The summed E-state index contributed by atoms with van der Waals surface area (Å²) < 4.78 is 15.9. The van der Waals surface area contributed by atoms with Crippen molar-refractivity contribution in [3.63, 3.8) is 0 Å². The lowest BCUT2D eigenvalue weighted by Crippen LogP contribution is -2.10. The fraction of sp³-hybridized carbons (Fsp3) is 1.00. The van der Waals surface area contributed by atoms with Crippen LogP contribution < -0.4 is 0 Å². The van der Waals surface area contributed by atoms with Crippen LogP contribution in [0.3, 0.4) is 0 Å². The summed E-state index contributed by atoms with van der Waals surface area (Å²) in [7, 11) is 0. The van der Waals surface area contributed by atoms with Gasteiger partial charge in [-0.05, 0) is 6.42 Å². The van der Waals surface area contributed by atoms with Gasteiger partial charge in [0.05, 0.1) is 33.0 Å². The van der Waals surface area contributed by atoms with Crippen LogP contribution in [0.1, 0.15) is 26.2 Å². The van der Waals surface area contributed by atoms with Gasteiger partial charge in [0.1, 0.15) is 0 Å². The summed E-state index contributed by atoms with van der Waals surface area (Å²) >= 11 is 3.29. The Kier molecular flexibility index (Phi) is 14.7. The topological polar surface area (TPSA) is 27.7 Å². The van der Waals surface area contributed by atoms with E-state index in [0.29, 0.717) is 26.4 Å². The van der Waals surface area contributed by atoms with Crippen LogP contribution in [0, 0.1) is 0 Å². The molecule has 0 aromatic heterocycles. The number of alkyl halides is 1. The molecule has 0 amide bonds.